The minimum atomic E-state index is -0.198. The second-order valence-corrected chi connectivity index (χ2v) is 5.31. The van der Waals surface area contributed by atoms with Crippen molar-refractivity contribution in [3.05, 3.63) is 71.8 Å². The molecule has 0 radical (unpaired) electrons. The number of benzene rings is 2. The number of rotatable bonds is 2. The van der Waals surface area contributed by atoms with Crippen molar-refractivity contribution in [2.75, 3.05) is 0 Å². The fourth-order valence-electron chi connectivity index (χ4n) is 2.91. The Labute approximate surface area is 123 Å². The van der Waals surface area contributed by atoms with Crippen LogP contribution in [0.1, 0.15) is 36.1 Å². The van der Waals surface area contributed by atoms with E-state index in [1.165, 1.54) is 5.06 Å². The van der Waals surface area contributed by atoms with Gasteiger partial charge < -0.3 is 10.4 Å². The molecule has 0 unspecified atom stereocenters. The molecule has 0 bridgehead atoms. The van der Waals surface area contributed by atoms with Crippen LogP contribution in [0.2, 0.25) is 0 Å². The SMILES string of the molecule is ON=C1C[C@H](c2ccccc2)N(O)[C@H](c2ccccc2)C1. The third-order valence-electron chi connectivity index (χ3n) is 4.01. The van der Waals surface area contributed by atoms with Gasteiger partial charge >= 0.3 is 0 Å². The summed E-state index contributed by atoms with van der Waals surface area (Å²) in [4.78, 5) is 0. The second kappa shape index (κ2) is 6.08. The van der Waals surface area contributed by atoms with Crippen molar-refractivity contribution in [3.63, 3.8) is 0 Å². The van der Waals surface area contributed by atoms with Gasteiger partial charge in [0.05, 0.1) is 17.8 Å². The van der Waals surface area contributed by atoms with Gasteiger partial charge in [-0.3, -0.25) is 0 Å². The predicted octanol–water partition coefficient (Wildman–Crippen LogP) is 3.78. The minimum Gasteiger partial charge on any atom is -0.411 e. The van der Waals surface area contributed by atoms with Crippen LogP contribution in [0.3, 0.4) is 0 Å². The third kappa shape index (κ3) is 2.82. The third-order valence-corrected chi connectivity index (χ3v) is 4.01. The first kappa shape index (κ1) is 13.8. The molecule has 1 aliphatic rings. The maximum atomic E-state index is 10.6. The maximum Gasteiger partial charge on any atom is 0.0660 e. The lowest BCUT2D eigenvalue weighted by Gasteiger charge is -2.38. The largest absolute Gasteiger partial charge is 0.411 e. The van der Waals surface area contributed by atoms with Gasteiger partial charge in [-0.2, -0.15) is 5.06 Å². The molecular formula is C17H18N2O2. The van der Waals surface area contributed by atoms with Crippen LogP contribution in [0.4, 0.5) is 0 Å². The van der Waals surface area contributed by atoms with Crippen molar-refractivity contribution >= 4 is 5.71 Å². The second-order valence-electron chi connectivity index (χ2n) is 5.31. The lowest BCUT2D eigenvalue weighted by atomic mass is 9.88. The number of hydrogen-bond donors (Lipinski definition) is 2. The number of nitrogens with zero attached hydrogens (tertiary/aromatic N) is 2. The van der Waals surface area contributed by atoms with E-state index in [9.17, 15) is 10.4 Å². The number of hydroxylamine groups is 2. The number of piperidine rings is 1. The zero-order valence-electron chi connectivity index (χ0n) is 11.6. The van der Waals surface area contributed by atoms with Crippen molar-refractivity contribution in [3.8, 4) is 0 Å². The lowest BCUT2D eigenvalue weighted by molar-refractivity contribution is -0.167. The van der Waals surface area contributed by atoms with Gasteiger partial charge in [-0.1, -0.05) is 65.8 Å². The fourth-order valence-corrected chi connectivity index (χ4v) is 2.91. The summed E-state index contributed by atoms with van der Waals surface area (Å²) in [7, 11) is 0. The zero-order valence-corrected chi connectivity index (χ0v) is 11.6. The average molecular weight is 282 g/mol. The van der Waals surface area contributed by atoms with Crippen molar-refractivity contribution in [1.29, 1.82) is 0 Å². The molecule has 1 aliphatic heterocycles. The van der Waals surface area contributed by atoms with Crippen molar-refractivity contribution < 1.29 is 10.4 Å². The monoisotopic (exact) mass is 282 g/mol. The Balaban J connectivity index is 1.95. The molecule has 3 rings (SSSR count). The van der Waals surface area contributed by atoms with Gasteiger partial charge in [0, 0.05) is 12.8 Å². The summed E-state index contributed by atoms with van der Waals surface area (Å²) >= 11 is 0. The molecule has 2 N–H and O–H groups in total. The van der Waals surface area contributed by atoms with E-state index in [1.807, 2.05) is 60.7 Å². The summed E-state index contributed by atoms with van der Waals surface area (Å²) in [5.41, 5.74) is 2.74. The minimum absolute atomic E-state index is 0.198. The summed E-state index contributed by atoms with van der Waals surface area (Å²) in [6.07, 6.45) is 1.06. The Morgan fingerprint density at radius 2 is 1.24 bits per heavy atom. The quantitative estimate of drug-likeness (QED) is 0.651. The summed E-state index contributed by atoms with van der Waals surface area (Å²) < 4.78 is 0. The predicted molar refractivity (Wildman–Crippen MR) is 80.4 cm³/mol. The van der Waals surface area contributed by atoms with Crippen molar-refractivity contribution in [2.24, 2.45) is 5.16 Å². The Morgan fingerprint density at radius 1 is 0.810 bits per heavy atom. The van der Waals surface area contributed by atoms with Crippen LogP contribution < -0.4 is 0 Å². The van der Waals surface area contributed by atoms with Crippen LogP contribution in [0.5, 0.6) is 0 Å². The van der Waals surface area contributed by atoms with Gasteiger partial charge in [-0.25, -0.2) is 0 Å². The van der Waals surface area contributed by atoms with Crippen LogP contribution >= 0.6 is 0 Å². The lowest BCUT2D eigenvalue weighted by Crippen LogP contribution is -2.37. The van der Waals surface area contributed by atoms with Crippen LogP contribution in [-0.2, 0) is 0 Å². The molecule has 21 heavy (non-hydrogen) atoms. The molecule has 1 heterocycles. The molecule has 1 fully saturated rings. The van der Waals surface area contributed by atoms with E-state index in [0.29, 0.717) is 18.6 Å². The molecule has 0 amide bonds. The van der Waals surface area contributed by atoms with Crippen molar-refractivity contribution in [2.45, 2.75) is 24.9 Å². The Morgan fingerprint density at radius 3 is 1.62 bits per heavy atom. The Bertz CT molecular complexity index is 562. The fraction of sp³-hybridized carbons (Fsp3) is 0.235. The van der Waals surface area contributed by atoms with Gasteiger partial charge in [0.1, 0.15) is 0 Å². The molecular weight excluding hydrogens is 264 g/mol. The summed E-state index contributed by atoms with van der Waals surface area (Å²) in [5, 5.41) is 24.6. The van der Waals surface area contributed by atoms with E-state index in [0.717, 1.165) is 11.1 Å². The highest BCUT2D eigenvalue weighted by Gasteiger charge is 2.34. The molecule has 0 aromatic heterocycles. The normalized spacial score (nSPS) is 25.1. The Hall–Kier alpha value is -2.17. The van der Waals surface area contributed by atoms with Crippen LogP contribution in [-0.4, -0.2) is 21.2 Å². The first-order valence-corrected chi connectivity index (χ1v) is 7.06. The van der Waals surface area contributed by atoms with E-state index in [4.69, 9.17) is 0 Å². The van der Waals surface area contributed by atoms with Gasteiger partial charge in [-0.05, 0) is 11.1 Å². The molecule has 4 heteroatoms. The molecule has 2 atom stereocenters. The average Bonchev–Trinajstić information content (AvgIpc) is 2.57. The number of oxime groups is 1. The highest BCUT2D eigenvalue weighted by atomic mass is 16.5. The maximum absolute atomic E-state index is 10.6. The summed E-state index contributed by atoms with van der Waals surface area (Å²) in [6.45, 7) is 0. The van der Waals surface area contributed by atoms with Crippen LogP contribution in [0.15, 0.2) is 65.8 Å². The molecule has 0 spiro atoms. The molecule has 2 aromatic rings. The van der Waals surface area contributed by atoms with Crippen LogP contribution in [0.25, 0.3) is 0 Å². The van der Waals surface area contributed by atoms with Crippen LogP contribution in [0, 0.1) is 0 Å². The molecule has 2 aromatic carbocycles. The van der Waals surface area contributed by atoms with E-state index < -0.39 is 0 Å². The van der Waals surface area contributed by atoms with E-state index in [2.05, 4.69) is 5.16 Å². The number of hydrogen-bond acceptors (Lipinski definition) is 4. The Kier molecular flexibility index (Phi) is 3.99. The van der Waals surface area contributed by atoms with E-state index >= 15 is 0 Å². The zero-order chi connectivity index (χ0) is 14.7. The first-order chi connectivity index (χ1) is 10.3. The van der Waals surface area contributed by atoms with E-state index in [-0.39, 0.29) is 12.1 Å². The van der Waals surface area contributed by atoms with Gasteiger partial charge in [0.15, 0.2) is 0 Å². The summed E-state index contributed by atoms with van der Waals surface area (Å²) in [5.74, 6) is 0. The highest BCUT2D eigenvalue weighted by molar-refractivity contribution is 5.86. The van der Waals surface area contributed by atoms with Gasteiger partial charge in [0.2, 0.25) is 0 Å². The first-order valence-electron chi connectivity index (χ1n) is 7.06. The highest BCUT2D eigenvalue weighted by Crippen LogP contribution is 2.38. The molecule has 0 saturated carbocycles. The van der Waals surface area contributed by atoms with Gasteiger partial charge in [0.25, 0.3) is 0 Å². The molecule has 1 saturated heterocycles. The van der Waals surface area contributed by atoms with Gasteiger partial charge in [-0.15, -0.1) is 0 Å². The van der Waals surface area contributed by atoms with Crippen molar-refractivity contribution in [1.82, 2.24) is 5.06 Å². The summed E-state index contributed by atoms with van der Waals surface area (Å²) in [6, 6.07) is 19.2. The molecule has 108 valence electrons. The standard InChI is InChI=1S/C17H18N2O2/c20-18-15-11-16(13-7-3-1-4-8-13)19(21)17(12-15)14-9-5-2-6-10-14/h1-10,16-17,20-21H,11-12H2/t16-,17+. The molecule has 4 nitrogen and oxygen atoms in total. The molecule has 0 aliphatic carbocycles. The van der Waals surface area contributed by atoms with E-state index in [1.54, 1.807) is 0 Å². The topological polar surface area (TPSA) is 56.1 Å². The smallest absolute Gasteiger partial charge is 0.0660 e.